The first-order chi connectivity index (χ1) is 9.13. The maximum atomic E-state index is 12.6. The molecule has 0 aromatic heterocycles. The molecule has 1 aromatic carbocycles. The number of aryl methyl sites for hydroxylation is 1. The molecule has 1 N–H and O–H groups in total. The van der Waals surface area contributed by atoms with Crippen molar-refractivity contribution in [2.24, 2.45) is 0 Å². The third kappa shape index (κ3) is 2.86. The van der Waals surface area contributed by atoms with Crippen LogP contribution < -0.4 is 10.1 Å². The summed E-state index contributed by atoms with van der Waals surface area (Å²) in [6.45, 7) is 3.17. The van der Waals surface area contributed by atoms with Crippen LogP contribution in [0.4, 0.5) is 0 Å². The molecule has 0 radical (unpaired) electrons. The van der Waals surface area contributed by atoms with Crippen LogP contribution in [0.1, 0.15) is 22.3 Å². The molecular formula is C14H18N2O3. The molecule has 1 saturated heterocycles. The van der Waals surface area contributed by atoms with E-state index in [9.17, 15) is 9.59 Å². The largest absolute Gasteiger partial charge is 0.496 e. The van der Waals surface area contributed by atoms with Crippen LogP contribution in [0.2, 0.25) is 0 Å². The molecule has 1 aliphatic rings. The fourth-order valence-electron chi connectivity index (χ4n) is 2.22. The van der Waals surface area contributed by atoms with Crippen molar-refractivity contribution in [1.82, 2.24) is 10.2 Å². The van der Waals surface area contributed by atoms with E-state index in [1.807, 2.05) is 19.1 Å². The normalized spacial score (nSPS) is 15.7. The number of hydrogen-bond donors (Lipinski definition) is 1. The van der Waals surface area contributed by atoms with Gasteiger partial charge in [-0.3, -0.25) is 9.59 Å². The van der Waals surface area contributed by atoms with Gasteiger partial charge in [-0.25, -0.2) is 0 Å². The smallest absolute Gasteiger partial charge is 0.258 e. The molecule has 102 valence electrons. The van der Waals surface area contributed by atoms with E-state index in [0.717, 1.165) is 12.0 Å². The molecule has 0 saturated carbocycles. The Balaban J connectivity index is 2.30. The fraction of sp³-hybridized carbons (Fsp3) is 0.429. The number of hydrogen-bond acceptors (Lipinski definition) is 3. The Kier molecular flexibility index (Phi) is 4.04. The van der Waals surface area contributed by atoms with E-state index in [-0.39, 0.29) is 18.4 Å². The molecule has 1 aromatic rings. The van der Waals surface area contributed by atoms with Gasteiger partial charge in [0.15, 0.2) is 0 Å². The van der Waals surface area contributed by atoms with Crippen LogP contribution in [0.5, 0.6) is 5.75 Å². The average molecular weight is 262 g/mol. The van der Waals surface area contributed by atoms with Crippen LogP contribution in [-0.2, 0) is 4.79 Å². The molecular weight excluding hydrogens is 244 g/mol. The molecule has 2 rings (SSSR count). The van der Waals surface area contributed by atoms with Gasteiger partial charge in [-0.1, -0.05) is 12.1 Å². The van der Waals surface area contributed by atoms with Gasteiger partial charge in [0.25, 0.3) is 5.91 Å². The molecule has 5 heteroatoms. The SMILES string of the molecule is COc1cccc(C)c1C(=O)N1CCCNC(=O)C1. The summed E-state index contributed by atoms with van der Waals surface area (Å²) < 4.78 is 5.25. The molecule has 0 atom stereocenters. The lowest BCUT2D eigenvalue weighted by Crippen LogP contribution is -2.37. The fourth-order valence-corrected chi connectivity index (χ4v) is 2.22. The third-order valence-corrected chi connectivity index (χ3v) is 3.22. The second kappa shape index (κ2) is 5.73. The number of nitrogens with one attached hydrogen (secondary N) is 1. The molecule has 0 bridgehead atoms. The number of carbonyl (C=O) groups excluding carboxylic acids is 2. The zero-order chi connectivity index (χ0) is 13.8. The Morgan fingerprint density at radius 1 is 1.42 bits per heavy atom. The molecule has 1 heterocycles. The molecule has 0 aliphatic carbocycles. The van der Waals surface area contributed by atoms with Gasteiger partial charge in [0.1, 0.15) is 5.75 Å². The highest BCUT2D eigenvalue weighted by molar-refractivity contribution is 6.00. The first-order valence-electron chi connectivity index (χ1n) is 6.33. The van der Waals surface area contributed by atoms with Crippen molar-refractivity contribution < 1.29 is 14.3 Å². The Morgan fingerprint density at radius 2 is 2.21 bits per heavy atom. The zero-order valence-electron chi connectivity index (χ0n) is 11.2. The lowest BCUT2D eigenvalue weighted by molar-refractivity contribution is -0.121. The van der Waals surface area contributed by atoms with E-state index in [2.05, 4.69) is 5.32 Å². The van der Waals surface area contributed by atoms with Crippen molar-refractivity contribution >= 4 is 11.8 Å². The molecule has 0 unspecified atom stereocenters. The van der Waals surface area contributed by atoms with Crippen LogP contribution in [0.3, 0.4) is 0 Å². The quantitative estimate of drug-likeness (QED) is 0.864. The molecule has 5 nitrogen and oxygen atoms in total. The van der Waals surface area contributed by atoms with Gasteiger partial charge in [0.2, 0.25) is 5.91 Å². The molecule has 0 spiro atoms. The Hall–Kier alpha value is -2.04. The van der Waals surface area contributed by atoms with Crippen molar-refractivity contribution in [3.8, 4) is 5.75 Å². The van der Waals surface area contributed by atoms with E-state index in [0.29, 0.717) is 24.4 Å². The number of nitrogens with zero attached hydrogens (tertiary/aromatic N) is 1. The highest BCUT2D eigenvalue weighted by Crippen LogP contribution is 2.23. The number of rotatable bonds is 2. The van der Waals surface area contributed by atoms with Gasteiger partial charge in [0, 0.05) is 13.1 Å². The molecule has 1 aliphatic heterocycles. The summed E-state index contributed by atoms with van der Waals surface area (Å²) in [5.74, 6) is 0.292. The van der Waals surface area contributed by atoms with Gasteiger partial charge < -0.3 is 15.0 Å². The summed E-state index contributed by atoms with van der Waals surface area (Å²) in [5.41, 5.74) is 1.40. The maximum absolute atomic E-state index is 12.6. The van der Waals surface area contributed by atoms with Gasteiger partial charge in [-0.2, -0.15) is 0 Å². The lowest BCUT2D eigenvalue weighted by atomic mass is 10.1. The van der Waals surface area contributed by atoms with E-state index in [1.54, 1.807) is 18.1 Å². The summed E-state index contributed by atoms with van der Waals surface area (Å²) in [6, 6.07) is 5.48. The first kappa shape index (κ1) is 13.4. The van der Waals surface area contributed by atoms with Gasteiger partial charge >= 0.3 is 0 Å². The van der Waals surface area contributed by atoms with Crippen molar-refractivity contribution in [3.63, 3.8) is 0 Å². The summed E-state index contributed by atoms with van der Waals surface area (Å²) in [4.78, 5) is 25.7. The van der Waals surface area contributed by atoms with Gasteiger partial charge in [-0.05, 0) is 25.0 Å². The minimum Gasteiger partial charge on any atom is -0.496 e. The minimum absolute atomic E-state index is 0.107. The number of benzene rings is 1. The number of ether oxygens (including phenoxy) is 1. The first-order valence-corrected chi connectivity index (χ1v) is 6.33. The number of amides is 2. The highest BCUT2D eigenvalue weighted by atomic mass is 16.5. The molecule has 1 fully saturated rings. The second-order valence-electron chi connectivity index (χ2n) is 4.58. The van der Waals surface area contributed by atoms with Crippen LogP contribution in [0.25, 0.3) is 0 Å². The standard InChI is InChI=1S/C14H18N2O3/c1-10-5-3-6-11(19-2)13(10)14(18)16-8-4-7-15-12(17)9-16/h3,5-6H,4,7-9H2,1-2H3,(H,15,17). The third-order valence-electron chi connectivity index (χ3n) is 3.22. The van der Waals surface area contributed by atoms with E-state index < -0.39 is 0 Å². The van der Waals surface area contributed by atoms with E-state index >= 15 is 0 Å². The summed E-state index contributed by atoms with van der Waals surface area (Å²) in [6.07, 6.45) is 0.770. The lowest BCUT2D eigenvalue weighted by Gasteiger charge is -2.21. The van der Waals surface area contributed by atoms with Crippen molar-refractivity contribution in [3.05, 3.63) is 29.3 Å². The van der Waals surface area contributed by atoms with Gasteiger partial charge in [-0.15, -0.1) is 0 Å². The topological polar surface area (TPSA) is 58.6 Å². The minimum atomic E-state index is -0.146. The van der Waals surface area contributed by atoms with E-state index in [4.69, 9.17) is 4.74 Å². The highest BCUT2D eigenvalue weighted by Gasteiger charge is 2.24. The van der Waals surface area contributed by atoms with E-state index in [1.165, 1.54) is 0 Å². The number of carbonyl (C=O) groups is 2. The van der Waals surface area contributed by atoms with Gasteiger partial charge in [0.05, 0.1) is 19.2 Å². The Bertz CT molecular complexity index is 499. The van der Waals surface area contributed by atoms with Crippen LogP contribution in [-0.4, -0.2) is 43.5 Å². The summed E-state index contributed by atoms with van der Waals surface area (Å²) in [7, 11) is 1.54. The average Bonchev–Trinajstić information content (AvgIpc) is 2.62. The second-order valence-corrected chi connectivity index (χ2v) is 4.58. The number of methoxy groups -OCH3 is 1. The van der Waals surface area contributed by atoms with Crippen LogP contribution in [0, 0.1) is 6.92 Å². The Labute approximate surface area is 112 Å². The monoisotopic (exact) mass is 262 g/mol. The predicted octanol–water partition coefficient (Wildman–Crippen LogP) is 0.966. The Morgan fingerprint density at radius 3 is 2.95 bits per heavy atom. The molecule has 2 amide bonds. The summed E-state index contributed by atoms with van der Waals surface area (Å²) in [5, 5.41) is 2.76. The van der Waals surface area contributed by atoms with Crippen LogP contribution in [0.15, 0.2) is 18.2 Å². The summed E-state index contributed by atoms with van der Waals surface area (Å²) >= 11 is 0. The van der Waals surface area contributed by atoms with Crippen molar-refractivity contribution in [2.45, 2.75) is 13.3 Å². The maximum Gasteiger partial charge on any atom is 0.258 e. The molecule has 19 heavy (non-hydrogen) atoms. The zero-order valence-corrected chi connectivity index (χ0v) is 11.2. The van der Waals surface area contributed by atoms with Crippen molar-refractivity contribution in [2.75, 3.05) is 26.7 Å². The van der Waals surface area contributed by atoms with Crippen molar-refractivity contribution in [1.29, 1.82) is 0 Å². The predicted molar refractivity (Wildman–Crippen MR) is 71.3 cm³/mol. The van der Waals surface area contributed by atoms with Crippen LogP contribution >= 0.6 is 0 Å².